The lowest BCUT2D eigenvalue weighted by Crippen LogP contribution is -2.12. The molecule has 0 saturated carbocycles. The lowest BCUT2D eigenvalue weighted by Gasteiger charge is -2.08. The smallest absolute Gasteiger partial charge is 0.213 e. The van der Waals surface area contributed by atoms with Gasteiger partial charge in [-0.15, -0.1) is 0 Å². The molecule has 0 bridgehead atoms. The highest BCUT2D eigenvalue weighted by Crippen LogP contribution is 2.18. The van der Waals surface area contributed by atoms with Crippen LogP contribution in [0.4, 0.5) is 0 Å². The van der Waals surface area contributed by atoms with Gasteiger partial charge >= 0.3 is 0 Å². The van der Waals surface area contributed by atoms with Crippen molar-refractivity contribution in [2.75, 3.05) is 46.8 Å². The molecule has 1 heterocycles. The Labute approximate surface area is 123 Å². The molecule has 1 N–H and O–H groups in total. The largest absolute Gasteiger partial charge is 0.475 e. The van der Waals surface area contributed by atoms with Crippen molar-refractivity contribution in [3.05, 3.63) is 22.8 Å². The molecule has 1 aromatic heterocycles. The van der Waals surface area contributed by atoms with Gasteiger partial charge < -0.3 is 24.1 Å². The van der Waals surface area contributed by atoms with Crippen LogP contribution < -0.4 is 4.74 Å². The van der Waals surface area contributed by atoms with Crippen LogP contribution >= 0.6 is 11.6 Å². The third kappa shape index (κ3) is 7.02. The molecule has 20 heavy (non-hydrogen) atoms. The van der Waals surface area contributed by atoms with Gasteiger partial charge in [-0.1, -0.05) is 11.6 Å². The van der Waals surface area contributed by atoms with E-state index < -0.39 is 0 Å². The maximum atomic E-state index is 9.06. The Bertz CT molecular complexity index is 378. The fourth-order valence-corrected chi connectivity index (χ4v) is 1.49. The topological polar surface area (TPSA) is 70.0 Å². The fourth-order valence-electron chi connectivity index (χ4n) is 1.33. The Balaban J connectivity index is 2.06. The number of aliphatic hydroxyl groups excluding tert-OH is 1. The van der Waals surface area contributed by atoms with Crippen molar-refractivity contribution in [1.29, 1.82) is 0 Å². The van der Waals surface area contributed by atoms with Gasteiger partial charge in [0.2, 0.25) is 5.88 Å². The van der Waals surface area contributed by atoms with Crippen LogP contribution in [0.5, 0.6) is 5.88 Å². The predicted octanol–water partition coefficient (Wildman–Crippen LogP) is 1.29. The minimum absolute atomic E-state index is 0.146. The van der Waals surface area contributed by atoms with Crippen LogP contribution in [0.25, 0.3) is 0 Å². The van der Waals surface area contributed by atoms with E-state index >= 15 is 0 Å². The second kappa shape index (κ2) is 10.8. The van der Waals surface area contributed by atoms with Gasteiger partial charge in [0, 0.05) is 24.9 Å². The fraction of sp³-hybridized carbons (Fsp3) is 0.615. The van der Waals surface area contributed by atoms with E-state index in [2.05, 4.69) is 4.98 Å². The van der Waals surface area contributed by atoms with Crippen LogP contribution in [0.1, 0.15) is 5.56 Å². The first-order valence-corrected chi connectivity index (χ1v) is 6.68. The number of hydrogen-bond donors (Lipinski definition) is 1. The molecule has 0 aromatic carbocycles. The molecule has 114 valence electrons. The minimum atomic E-state index is -0.146. The van der Waals surface area contributed by atoms with Gasteiger partial charge in [0.1, 0.15) is 6.61 Å². The average molecular weight is 306 g/mol. The summed E-state index contributed by atoms with van der Waals surface area (Å²) in [6.07, 6.45) is 1.45. The molecular weight excluding hydrogens is 286 g/mol. The van der Waals surface area contributed by atoms with Crippen molar-refractivity contribution in [2.45, 2.75) is 6.61 Å². The summed E-state index contributed by atoms with van der Waals surface area (Å²) in [5.41, 5.74) is 0.587. The van der Waals surface area contributed by atoms with E-state index in [-0.39, 0.29) is 6.61 Å². The number of halogens is 1. The van der Waals surface area contributed by atoms with Crippen molar-refractivity contribution in [1.82, 2.24) is 4.98 Å². The van der Waals surface area contributed by atoms with Crippen LogP contribution in [0.3, 0.4) is 0 Å². The van der Waals surface area contributed by atoms with E-state index in [9.17, 15) is 0 Å². The van der Waals surface area contributed by atoms with Crippen molar-refractivity contribution in [3.8, 4) is 5.88 Å². The predicted molar refractivity (Wildman–Crippen MR) is 74.2 cm³/mol. The molecule has 0 aliphatic heterocycles. The van der Waals surface area contributed by atoms with Gasteiger partial charge in [-0.25, -0.2) is 4.98 Å². The maximum Gasteiger partial charge on any atom is 0.213 e. The highest BCUT2D eigenvalue weighted by atomic mass is 35.5. The quantitative estimate of drug-likeness (QED) is 0.621. The standard InChI is InChI=1S/C13H20ClNO5/c1-17-2-3-18-4-5-19-6-7-20-13-8-11(10-16)12(14)9-15-13/h8-9,16H,2-7,10H2,1H3. The van der Waals surface area contributed by atoms with Crippen molar-refractivity contribution < 1.29 is 24.1 Å². The van der Waals surface area contributed by atoms with Crippen molar-refractivity contribution >= 4 is 11.6 Å². The highest BCUT2D eigenvalue weighted by molar-refractivity contribution is 6.31. The van der Waals surface area contributed by atoms with Gasteiger partial charge in [0.25, 0.3) is 0 Å². The first-order valence-electron chi connectivity index (χ1n) is 6.30. The molecule has 0 radical (unpaired) electrons. The second-order valence-electron chi connectivity index (χ2n) is 3.84. The summed E-state index contributed by atoms with van der Waals surface area (Å²) in [5.74, 6) is 0.415. The van der Waals surface area contributed by atoms with Gasteiger partial charge in [0.05, 0.1) is 44.7 Å². The zero-order valence-electron chi connectivity index (χ0n) is 11.5. The lowest BCUT2D eigenvalue weighted by atomic mass is 10.3. The van der Waals surface area contributed by atoms with E-state index in [1.165, 1.54) is 6.20 Å². The Hall–Kier alpha value is -0.920. The van der Waals surface area contributed by atoms with Gasteiger partial charge in [-0.3, -0.25) is 0 Å². The first-order chi connectivity index (χ1) is 9.77. The minimum Gasteiger partial charge on any atom is -0.475 e. The second-order valence-corrected chi connectivity index (χ2v) is 4.25. The average Bonchev–Trinajstić information content (AvgIpc) is 2.47. The van der Waals surface area contributed by atoms with Crippen LogP contribution in [0.2, 0.25) is 5.02 Å². The monoisotopic (exact) mass is 305 g/mol. The summed E-state index contributed by atoms with van der Waals surface area (Å²) < 4.78 is 20.8. The zero-order chi connectivity index (χ0) is 14.6. The van der Waals surface area contributed by atoms with E-state index in [1.807, 2.05) is 0 Å². The summed E-state index contributed by atoms with van der Waals surface area (Å²) in [7, 11) is 1.63. The molecule has 6 nitrogen and oxygen atoms in total. The zero-order valence-corrected chi connectivity index (χ0v) is 12.3. The van der Waals surface area contributed by atoms with Gasteiger partial charge in [-0.2, -0.15) is 0 Å². The lowest BCUT2D eigenvalue weighted by molar-refractivity contribution is 0.0176. The summed E-state index contributed by atoms with van der Waals surface area (Å²) in [6.45, 7) is 2.84. The summed E-state index contributed by atoms with van der Waals surface area (Å²) in [5, 5.41) is 9.48. The van der Waals surface area contributed by atoms with Crippen molar-refractivity contribution in [2.24, 2.45) is 0 Å². The number of aliphatic hydroxyl groups is 1. The Morgan fingerprint density at radius 3 is 2.40 bits per heavy atom. The van der Waals surface area contributed by atoms with E-state index in [1.54, 1.807) is 13.2 Å². The first kappa shape index (κ1) is 17.1. The molecule has 0 unspecified atom stereocenters. The normalized spacial score (nSPS) is 10.8. The number of pyridine rings is 1. The number of rotatable bonds is 11. The van der Waals surface area contributed by atoms with E-state index in [0.29, 0.717) is 56.1 Å². The van der Waals surface area contributed by atoms with Gasteiger partial charge in [-0.05, 0) is 0 Å². The van der Waals surface area contributed by atoms with E-state index in [0.717, 1.165) is 0 Å². The van der Waals surface area contributed by atoms with Crippen LogP contribution in [0, 0.1) is 0 Å². The number of nitrogens with zero attached hydrogens (tertiary/aromatic N) is 1. The third-order valence-corrected chi connectivity index (χ3v) is 2.70. The van der Waals surface area contributed by atoms with Crippen LogP contribution in [-0.2, 0) is 20.8 Å². The number of hydrogen-bond acceptors (Lipinski definition) is 6. The molecule has 0 spiro atoms. The molecule has 0 atom stereocenters. The third-order valence-electron chi connectivity index (χ3n) is 2.36. The Morgan fingerprint density at radius 1 is 1.10 bits per heavy atom. The maximum absolute atomic E-state index is 9.06. The molecule has 0 amide bonds. The SMILES string of the molecule is COCCOCCOCCOc1cc(CO)c(Cl)cn1. The summed E-state index contributed by atoms with van der Waals surface area (Å²) in [4.78, 5) is 4.00. The molecule has 7 heteroatoms. The number of aromatic nitrogens is 1. The summed E-state index contributed by atoms with van der Waals surface area (Å²) >= 11 is 5.83. The van der Waals surface area contributed by atoms with Gasteiger partial charge in [0.15, 0.2) is 0 Å². The molecule has 1 rings (SSSR count). The van der Waals surface area contributed by atoms with Crippen LogP contribution in [0.15, 0.2) is 12.3 Å². The highest BCUT2D eigenvalue weighted by Gasteiger charge is 2.03. The van der Waals surface area contributed by atoms with Crippen LogP contribution in [-0.4, -0.2) is 56.8 Å². The van der Waals surface area contributed by atoms with E-state index in [4.69, 9.17) is 35.7 Å². The Kier molecular flexibility index (Phi) is 9.27. The molecule has 0 saturated heterocycles. The Morgan fingerprint density at radius 2 is 1.75 bits per heavy atom. The van der Waals surface area contributed by atoms with Crippen molar-refractivity contribution in [3.63, 3.8) is 0 Å². The number of ether oxygens (including phenoxy) is 4. The molecule has 0 aliphatic rings. The molecule has 0 fully saturated rings. The number of methoxy groups -OCH3 is 1. The molecular formula is C13H20ClNO5. The molecule has 0 aliphatic carbocycles. The summed E-state index contributed by atoms with van der Waals surface area (Å²) in [6, 6.07) is 1.61. The molecule has 1 aromatic rings.